The first-order valence-corrected chi connectivity index (χ1v) is 6.90. The summed E-state index contributed by atoms with van der Waals surface area (Å²) in [6, 6.07) is 7.00. The summed E-state index contributed by atoms with van der Waals surface area (Å²) in [5.74, 6) is 1.35. The Kier molecular flexibility index (Phi) is 3.35. The molecule has 18 heavy (non-hydrogen) atoms. The van der Waals surface area contributed by atoms with Crippen molar-refractivity contribution in [3.8, 4) is 0 Å². The van der Waals surface area contributed by atoms with Crippen LogP contribution in [0.4, 0.5) is 4.39 Å². The molecule has 4 unspecified atom stereocenters. The molecular weight excluding hydrogens is 229 g/mol. The van der Waals surface area contributed by atoms with Crippen LogP contribution >= 0.6 is 0 Å². The highest BCUT2D eigenvalue weighted by atomic mass is 19.1. The molecule has 1 aromatic rings. The Bertz CT molecular complexity index is 423. The minimum absolute atomic E-state index is 0.320. The van der Waals surface area contributed by atoms with Crippen LogP contribution in [0.3, 0.4) is 0 Å². The van der Waals surface area contributed by atoms with Crippen LogP contribution in [0.5, 0.6) is 0 Å². The van der Waals surface area contributed by atoms with Crippen LogP contribution in [-0.2, 0) is 0 Å². The molecule has 2 saturated carbocycles. The summed E-state index contributed by atoms with van der Waals surface area (Å²) in [5, 5.41) is 13.5. The Balaban J connectivity index is 1.56. The molecule has 0 aromatic heterocycles. The van der Waals surface area contributed by atoms with Crippen molar-refractivity contribution in [1.29, 1.82) is 0 Å². The van der Waals surface area contributed by atoms with Crippen LogP contribution in [0.1, 0.15) is 37.4 Å². The summed E-state index contributed by atoms with van der Waals surface area (Å²) in [4.78, 5) is 0. The molecule has 2 fully saturated rings. The Labute approximate surface area is 107 Å². The van der Waals surface area contributed by atoms with Crippen LogP contribution in [0.25, 0.3) is 0 Å². The van der Waals surface area contributed by atoms with Crippen LogP contribution in [-0.4, -0.2) is 17.7 Å². The highest BCUT2D eigenvalue weighted by molar-refractivity contribution is 5.20. The molecule has 0 heterocycles. The molecule has 2 aliphatic carbocycles. The summed E-state index contributed by atoms with van der Waals surface area (Å²) in [6.07, 6.45) is 4.52. The average Bonchev–Trinajstić information content (AvgIpc) is 2.98. The highest BCUT2D eigenvalue weighted by Gasteiger charge is 2.39. The fourth-order valence-electron chi connectivity index (χ4n) is 3.61. The fourth-order valence-corrected chi connectivity index (χ4v) is 3.61. The van der Waals surface area contributed by atoms with Crippen LogP contribution < -0.4 is 5.32 Å². The smallest absolute Gasteiger partial charge is 0.129 e. The van der Waals surface area contributed by atoms with E-state index in [0.717, 1.165) is 11.8 Å². The van der Waals surface area contributed by atoms with Gasteiger partial charge in [-0.15, -0.1) is 0 Å². The topological polar surface area (TPSA) is 32.3 Å². The van der Waals surface area contributed by atoms with Gasteiger partial charge in [0.1, 0.15) is 5.82 Å². The van der Waals surface area contributed by atoms with E-state index < -0.39 is 6.10 Å². The number of aliphatic hydroxyl groups is 1. The molecule has 3 rings (SSSR count). The van der Waals surface area contributed by atoms with Crippen molar-refractivity contribution in [3.05, 3.63) is 35.6 Å². The Morgan fingerprint density at radius 2 is 2.11 bits per heavy atom. The number of halogens is 1. The lowest BCUT2D eigenvalue weighted by Gasteiger charge is -2.24. The minimum Gasteiger partial charge on any atom is -0.387 e. The van der Waals surface area contributed by atoms with Crippen LogP contribution in [0, 0.1) is 17.7 Å². The van der Waals surface area contributed by atoms with E-state index in [1.807, 2.05) is 0 Å². The average molecular weight is 249 g/mol. The third-order valence-electron chi connectivity index (χ3n) is 4.58. The molecule has 2 nitrogen and oxygen atoms in total. The molecule has 0 amide bonds. The third-order valence-corrected chi connectivity index (χ3v) is 4.58. The summed E-state index contributed by atoms with van der Waals surface area (Å²) >= 11 is 0. The molecule has 2 aliphatic rings. The van der Waals surface area contributed by atoms with Gasteiger partial charge in [-0.25, -0.2) is 4.39 Å². The van der Waals surface area contributed by atoms with E-state index in [4.69, 9.17) is 0 Å². The standard InChI is InChI=1S/C15H20FNO/c16-13-4-2-1-3-12(13)15(18)9-17-14-8-10-5-6-11(14)7-10/h1-4,10-11,14-15,17-18H,5-9H2. The van der Waals surface area contributed by atoms with Crippen molar-refractivity contribution < 1.29 is 9.50 Å². The molecule has 0 aliphatic heterocycles. The van der Waals surface area contributed by atoms with Gasteiger partial charge in [0.2, 0.25) is 0 Å². The van der Waals surface area contributed by atoms with E-state index in [9.17, 15) is 9.50 Å². The zero-order chi connectivity index (χ0) is 12.5. The van der Waals surface area contributed by atoms with Gasteiger partial charge < -0.3 is 10.4 Å². The molecule has 0 radical (unpaired) electrons. The van der Waals surface area contributed by atoms with Crippen molar-refractivity contribution in [1.82, 2.24) is 5.32 Å². The second kappa shape index (κ2) is 4.98. The van der Waals surface area contributed by atoms with Gasteiger partial charge in [-0.2, -0.15) is 0 Å². The number of rotatable bonds is 4. The largest absolute Gasteiger partial charge is 0.387 e. The third kappa shape index (κ3) is 2.29. The van der Waals surface area contributed by atoms with E-state index >= 15 is 0 Å². The fraction of sp³-hybridized carbons (Fsp3) is 0.600. The molecule has 2 bridgehead atoms. The second-order valence-electron chi connectivity index (χ2n) is 5.73. The van der Waals surface area contributed by atoms with E-state index in [1.54, 1.807) is 18.2 Å². The molecule has 98 valence electrons. The van der Waals surface area contributed by atoms with E-state index in [1.165, 1.54) is 31.7 Å². The maximum atomic E-state index is 13.5. The van der Waals surface area contributed by atoms with Gasteiger partial charge in [0, 0.05) is 18.2 Å². The lowest BCUT2D eigenvalue weighted by molar-refractivity contribution is 0.159. The van der Waals surface area contributed by atoms with Gasteiger partial charge in [0.25, 0.3) is 0 Å². The van der Waals surface area contributed by atoms with Crippen LogP contribution in [0.15, 0.2) is 24.3 Å². The lowest BCUT2D eigenvalue weighted by Crippen LogP contribution is -2.36. The lowest BCUT2D eigenvalue weighted by atomic mass is 9.95. The van der Waals surface area contributed by atoms with Gasteiger partial charge in [-0.1, -0.05) is 24.6 Å². The quantitative estimate of drug-likeness (QED) is 0.859. The van der Waals surface area contributed by atoms with Crippen molar-refractivity contribution in [2.45, 2.75) is 37.8 Å². The van der Waals surface area contributed by atoms with Crippen molar-refractivity contribution in [2.24, 2.45) is 11.8 Å². The molecule has 1 aromatic carbocycles. The zero-order valence-electron chi connectivity index (χ0n) is 10.5. The van der Waals surface area contributed by atoms with Gasteiger partial charge >= 0.3 is 0 Å². The molecule has 4 atom stereocenters. The number of hydrogen-bond acceptors (Lipinski definition) is 2. The highest BCUT2D eigenvalue weighted by Crippen LogP contribution is 2.44. The first-order valence-electron chi connectivity index (χ1n) is 6.90. The van der Waals surface area contributed by atoms with Crippen molar-refractivity contribution >= 4 is 0 Å². The first-order chi connectivity index (χ1) is 8.74. The normalized spacial score (nSPS) is 31.8. The Hall–Kier alpha value is -0.930. The summed E-state index contributed by atoms with van der Waals surface area (Å²) < 4.78 is 13.5. The molecule has 0 spiro atoms. The van der Waals surface area contributed by atoms with E-state index in [2.05, 4.69) is 5.32 Å². The number of hydrogen-bond donors (Lipinski definition) is 2. The second-order valence-corrected chi connectivity index (χ2v) is 5.73. The van der Waals surface area contributed by atoms with E-state index in [0.29, 0.717) is 18.2 Å². The van der Waals surface area contributed by atoms with Gasteiger partial charge in [-0.3, -0.25) is 0 Å². The molecule has 3 heteroatoms. The van der Waals surface area contributed by atoms with Gasteiger partial charge in [0.05, 0.1) is 6.10 Å². The molecule has 2 N–H and O–H groups in total. The maximum Gasteiger partial charge on any atom is 0.129 e. The number of nitrogens with one attached hydrogen (secondary N) is 1. The SMILES string of the molecule is OC(CNC1CC2CCC1C2)c1ccccc1F. The summed E-state index contributed by atoms with van der Waals surface area (Å²) in [7, 11) is 0. The van der Waals surface area contributed by atoms with E-state index in [-0.39, 0.29) is 5.82 Å². The molecular formula is C15H20FNO. The monoisotopic (exact) mass is 249 g/mol. The number of benzene rings is 1. The van der Waals surface area contributed by atoms with Crippen molar-refractivity contribution in [3.63, 3.8) is 0 Å². The Morgan fingerprint density at radius 1 is 1.28 bits per heavy atom. The summed E-state index contributed by atoms with van der Waals surface area (Å²) in [6.45, 7) is 0.453. The predicted octanol–water partition coefficient (Wildman–Crippen LogP) is 2.64. The predicted molar refractivity (Wildman–Crippen MR) is 68.6 cm³/mol. The maximum absolute atomic E-state index is 13.5. The Morgan fingerprint density at radius 3 is 2.78 bits per heavy atom. The van der Waals surface area contributed by atoms with Crippen molar-refractivity contribution in [2.75, 3.05) is 6.54 Å². The number of aliphatic hydroxyl groups excluding tert-OH is 1. The summed E-state index contributed by atoms with van der Waals surface area (Å²) in [5.41, 5.74) is 0.396. The minimum atomic E-state index is -0.745. The zero-order valence-corrected chi connectivity index (χ0v) is 10.5. The number of fused-ring (bicyclic) bond motifs is 2. The van der Waals surface area contributed by atoms with Crippen LogP contribution in [0.2, 0.25) is 0 Å². The van der Waals surface area contributed by atoms with Gasteiger partial charge in [0.15, 0.2) is 0 Å². The first kappa shape index (κ1) is 12.1. The molecule has 0 saturated heterocycles. The van der Waals surface area contributed by atoms with Gasteiger partial charge in [-0.05, 0) is 37.2 Å².